The number of hydrogen-bond acceptors (Lipinski definition) is 4. The lowest BCUT2D eigenvalue weighted by molar-refractivity contribution is -0.131. The Morgan fingerprint density at radius 1 is 1.29 bits per heavy atom. The van der Waals surface area contributed by atoms with E-state index in [0.717, 1.165) is 31.0 Å². The van der Waals surface area contributed by atoms with Gasteiger partial charge in [0.2, 0.25) is 0 Å². The first-order valence-corrected chi connectivity index (χ1v) is 7.60. The standard InChI is InChI=1S/C16H23N3O2/c1-12-10-18(2)13-5-3-4-6-14(13)19(11-12)16(20)15-9-17-7-8-21-15/h3-6,12,15,17H,7-11H2,1-2H3. The summed E-state index contributed by atoms with van der Waals surface area (Å²) in [5, 5.41) is 3.23. The van der Waals surface area contributed by atoms with Gasteiger partial charge >= 0.3 is 0 Å². The van der Waals surface area contributed by atoms with E-state index in [0.29, 0.717) is 19.1 Å². The second kappa shape index (κ2) is 6.03. The lowest BCUT2D eigenvalue weighted by atomic mass is 10.1. The number of morpholine rings is 1. The minimum atomic E-state index is -0.373. The van der Waals surface area contributed by atoms with Crippen molar-refractivity contribution in [2.45, 2.75) is 13.0 Å². The molecule has 0 bridgehead atoms. The summed E-state index contributed by atoms with van der Waals surface area (Å²) in [7, 11) is 2.09. The largest absolute Gasteiger partial charge is 0.373 e. The zero-order valence-corrected chi connectivity index (χ0v) is 12.7. The number of para-hydroxylation sites is 2. The molecule has 114 valence electrons. The van der Waals surface area contributed by atoms with E-state index in [4.69, 9.17) is 4.74 Å². The van der Waals surface area contributed by atoms with Crippen LogP contribution in [0.25, 0.3) is 0 Å². The van der Waals surface area contributed by atoms with Crippen LogP contribution in [0.15, 0.2) is 24.3 Å². The van der Waals surface area contributed by atoms with Gasteiger partial charge in [-0.1, -0.05) is 19.1 Å². The van der Waals surface area contributed by atoms with E-state index in [-0.39, 0.29) is 12.0 Å². The summed E-state index contributed by atoms with van der Waals surface area (Å²) in [5.74, 6) is 0.486. The molecule has 2 aliphatic rings. The van der Waals surface area contributed by atoms with Crippen molar-refractivity contribution in [3.8, 4) is 0 Å². The fourth-order valence-electron chi connectivity index (χ4n) is 3.16. The SMILES string of the molecule is CC1CN(C)c2ccccc2N(C(=O)C2CNCCO2)C1. The van der Waals surface area contributed by atoms with Gasteiger partial charge in [0, 0.05) is 33.2 Å². The molecule has 2 atom stereocenters. The second-order valence-electron chi connectivity index (χ2n) is 5.99. The lowest BCUT2D eigenvalue weighted by Gasteiger charge is -2.30. The van der Waals surface area contributed by atoms with Gasteiger partial charge < -0.3 is 19.9 Å². The Balaban J connectivity index is 1.92. The van der Waals surface area contributed by atoms with Crippen molar-refractivity contribution < 1.29 is 9.53 Å². The van der Waals surface area contributed by atoms with E-state index in [1.807, 2.05) is 23.1 Å². The van der Waals surface area contributed by atoms with Crippen molar-refractivity contribution in [3.05, 3.63) is 24.3 Å². The Bertz CT molecular complexity index is 514. The highest BCUT2D eigenvalue weighted by Gasteiger charge is 2.32. The zero-order valence-electron chi connectivity index (χ0n) is 12.7. The van der Waals surface area contributed by atoms with Crippen LogP contribution in [-0.2, 0) is 9.53 Å². The quantitative estimate of drug-likeness (QED) is 0.841. The molecular weight excluding hydrogens is 266 g/mol. The number of benzene rings is 1. The Morgan fingerprint density at radius 2 is 2.05 bits per heavy atom. The summed E-state index contributed by atoms with van der Waals surface area (Å²) >= 11 is 0. The monoisotopic (exact) mass is 289 g/mol. The van der Waals surface area contributed by atoms with Gasteiger partial charge in [0.25, 0.3) is 5.91 Å². The maximum atomic E-state index is 12.9. The molecular formula is C16H23N3O2. The van der Waals surface area contributed by atoms with Crippen molar-refractivity contribution in [1.82, 2.24) is 5.32 Å². The van der Waals surface area contributed by atoms with E-state index in [1.165, 1.54) is 0 Å². The number of anilines is 2. The predicted octanol–water partition coefficient (Wildman–Crippen LogP) is 1.09. The van der Waals surface area contributed by atoms with Crippen molar-refractivity contribution in [3.63, 3.8) is 0 Å². The molecule has 21 heavy (non-hydrogen) atoms. The zero-order chi connectivity index (χ0) is 14.8. The van der Waals surface area contributed by atoms with Crippen LogP contribution in [0, 0.1) is 5.92 Å². The third-order valence-corrected chi connectivity index (χ3v) is 4.13. The van der Waals surface area contributed by atoms with Crippen LogP contribution in [-0.4, -0.2) is 51.8 Å². The van der Waals surface area contributed by atoms with E-state index < -0.39 is 0 Å². The molecule has 1 fully saturated rings. The molecule has 0 aliphatic carbocycles. The fourth-order valence-corrected chi connectivity index (χ4v) is 3.16. The Kier molecular flexibility index (Phi) is 4.12. The van der Waals surface area contributed by atoms with E-state index in [1.54, 1.807) is 0 Å². The minimum Gasteiger partial charge on any atom is -0.373 e. The Labute approximate surface area is 125 Å². The van der Waals surface area contributed by atoms with Crippen LogP contribution in [0.4, 0.5) is 11.4 Å². The molecule has 1 N–H and O–H groups in total. The minimum absolute atomic E-state index is 0.0665. The molecule has 0 spiro atoms. The molecule has 2 heterocycles. The third kappa shape index (κ3) is 2.89. The number of carbonyl (C=O) groups is 1. The smallest absolute Gasteiger partial charge is 0.257 e. The van der Waals surface area contributed by atoms with E-state index in [9.17, 15) is 4.79 Å². The van der Waals surface area contributed by atoms with Crippen molar-refractivity contribution in [1.29, 1.82) is 0 Å². The summed E-state index contributed by atoms with van der Waals surface area (Å²) in [6, 6.07) is 8.11. The molecule has 0 saturated carbocycles. The maximum absolute atomic E-state index is 12.9. The molecule has 1 saturated heterocycles. The number of fused-ring (bicyclic) bond motifs is 1. The highest BCUT2D eigenvalue weighted by Crippen LogP contribution is 2.33. The summed E-state index contributed by atoms with van der Waals surface area (Å²) in [6.07, 6.45) is -0.373. The molecule has 5 nitrogen and oxygen atoms in total. The van der Waals surface area contributed by atoms with Crippen LogP contribution in [0.3, 0.4) is 0 Å². The number of nitrogens with zero attached hydrogens (tertiary/aromatic N) is 2. The van der Waals surface area contributed by atoms with Crippen LogP contribution < -0.4 is 15.1 Å². The summed E-state index contributed by atoms with van der Waals surface area (Å²) in [5.41, 5.74) is 2.10. The van der Waals surface area contributed by atoms with Crippen molar-refractivity contribution >= 4 is 17.3 Å². The van der Waals surface area contributed by atoms with E-state index in [2.05, 4.69) is 30.3 Å². The number of carbonyl (C=O) groups excluding carboxylic acids is 1. The van der Waals surface area contributed by atoms with Crippen LogP contribution in [0.1, 0.15) is 6.92 Å². The van der Waals surface area contributed by atoms with Gasteiger partial charge in [-0.15, -0.1) is 0 Å². The number of amides is 1. The molecule has 1 amide bonds. The van der Waals surface area contributed by atoms with Gasteiger partial charge in [-0.25, -0.2) is 0 Å². The summed E-state index contributed by atoms with van der Waals surface area (Å²) in [6.45, 7) is 5.88. The molecule has 2 aliphatic heterocycles. The highest BCUT2D eigenvalue weighted by molar-refractivity contribution is 6.00. The highest BCUT2D eigenvalue weighted by atomic mass is 16.5. The van der Waals surface area contributed by atoms with Crippen LogP contribution >= 0.6 is 0 Å². The normalized spacial score (nSPS) is 26.2. The van der Waals surface area contributed by atoms with Gasteiger partial charge in [-0.3, -0.25) is 4.79 Å². The number of ether oxygens (including phenoxy) is 1. The fraction of sp³-hybridized carbons (Fsp3) is 0.562. The van der Waals surface area contributed by atoms with Crippen molar-refractivity contribution in [2.24, 2.45) is 5.92 Å². The first-order valence-electron chi connectivity index (χ1n) is 7.60. The molecule has 1 aromatic carbocycles. The topological polar surface area (TPSA) is 44.8 Å². The van der Waals surface area contributed by atoms with E-state index >= 15 is 0 Å². The van der Waals surface area contributed by atoms with Gasteiger partial charge in [0.15, 0.2) is 0 Å². The Hall–Kier alpha value is -1.59. The van der Waals surface area contributed by atoms with Gasteiger partial charge in [0.1, 0.15) is 6.10 Å². The number of rotatable bonds is 1. The Morgan fingerprint density at radius 3 is 2.76 bits per heavy atom. The average Bonchev–Trinajstić information content (AvgIpc) is 2.64. The first-order chi connectivity index (χ1) is 10.2. The third-order valence-electron chi connectivity index (χ3n) is 4.13. The molecule has 1 aromatic rings. The number of nitrogens with one attached hydrogen (secondary N) is 1. The molecule has 2 unspecified atom stereocenters. The molecule has 5 heteroatoms. The van der Waals surface area contributed by atoms with Crippen molar-refractivity contribution in [2.75, 3.05) is 49.6 Å². The van der Waals surface area contributed by atoms with Gasteiger partial charge in [-0.2, -0.15) is 0 Å². The summed E-state index contributed by atoms with van der Waals surface area (Å²) < 4.78 is 5.64. The van der Waals surface area contributed by atoms with Gasteiger partial charge in [0.05, 0.1) is 18.0 Å². The second-order valence-corrected chi connectivity index (χ2v) is 5.99. The van der Waals surface area contributed by atoms with Crippen LogP contribution in [0.5, 0.6) is 0 Å². The number of hydrogen-bond donors (Lipinski definition) is 1. The van der Waals surface area contributed by atoms with Crippen LogP contribution in [0.2, 0.25) is 0 Å². The predicted molar refractivity (Wildman–Crippen MR) is 83.8 cm³/mol. The average molecular weight is 289 g/mol. The maximum Gasteiger partial charge on any atom is 0.257 e. The molecule has 0 radical (unpaired) electrons. The summed E-state index contributed by atoms with van der Waals surface area (Å²) in [4.78, 5) is 17.0. The lowest BCUT2D eigenvalue weighted by Crippen LogP contribution is -2.50. The molecule has 0 aromatic heterocycles. The first kappa shape index (κ1) is 14.4. The van der Waals surface area contributed by atoms with Gasteiger partial charge in [-0.05, 0) is 18.1 Å². The molecule has 3 rings (SSSR count).